The first-order valence-electron chi connectivity index (χ1n) is 8.82. The minimum absolute atomic E-state index is 0.0790. The number of amides is 2. The van der Waals surface area contributed by atoms with Crippen LogP contribution < -0.4 is 5.32 Å². The lowest BCUT2D eigenvalue weighted by Crippen LogP contribution is -2.39. The van der Waals surface area contributed by atoms with E-state index in [0.717, 1.165) is 43.9 Å². The Morgan fingerprint density at radius 1 is 1.36 bits per heavy atom. The van der Waals surface area contributed by atoms with Gasteiger partial charge in [-0.05, 0) is 30.9 Å². The molecular weight excluding hydrogens is 316 g/mol. The van der Waals surface area contributed by atoms with Gasteiger partial charge in [-0.3, -0.25) is 4.90 Å². The zero-order chi connectivity index (χ0) is 17.6. The number of benzene rings is 1. The number of hydrogen-bond acceptors (Lipinski definition) is 4. The summed E-state index contributed by atoms with van der Waals surface area (Å²) in [5.74, 6) is 0.756. The fourth-order valence-corrected chi connectivity index (χ4v) is 3.19. The van der Waals surface area contributed by atoms with Crippen LogP contribution in [0.15, 0.2) is 34.9 Å². The lowest BCUT2D eigenvalue weighted by molar-refractivity contribution is 0.203. The van der Waals surface area contributed by atoms with Crippen LogP contribution in [0.1, 0.15) is 29.0 Å². The monoisotopic (exact) mass is 342 g/mol. The van der Waals surface area contributed by atoms with Crippen molar-refractivity contribution in [2.24, 2.45) is 0 Å². The van der Waals surface area contributed by atoms with Crippen molar-refractivity contribution < 1.29 is 9.32 Å². The summed E-state index contributed by atoms with van der Waals surface area (Å²) in [5.41, 5.74) is 3.67. The van der Waals surface area contributed by atoms with E-state index in [2.05, 4.69) is 39.6 Å². The quantitative estimate of drug-likeness (QED) is 0.820. The van der Waals surface area contributed by atoms with Crippen molar-refractivity contribution in [3.8, 4) is 0 Å². The molecule has 0 spiro atoms. The molecule has 0 unspecified atom stereocenters. The summed E-state index contributed by atoms with van der Waals surface area (Å²) in [6.45, 7) is 6.08. The molecule has 0 bridgehead atoms. The normalized spacial score (nSPS) is 14.2. The number of aromatic nitrogens is 1. The van der Waals surface area contributed by atoms with Crippen molar-refractivity contribution in [3.63, 3.8) is 0 Å². The van der Waals surface area contributed by atoms with Crippen molar-refractivity contribution in [2.45, 2.75) is 32.9 Å². The van der Waals surface area contributed by atoms with Gasteiger partial charge in [-0.25, -0.2) is 4.79 Å². The molecule has 0 aliphatic carbocycles. The number of carbonyl (C=O) groups is 1. The molecular formula is C19H26N4O2. The van der Waals surface area contributed by atoms with E-state index >= 15 is 0 Å². The maximum absolute atomic E-state index is 12.1. The average Bonchev–Trinajstić information content (AvgIpc) is 3.03. The van der Waals surface area contributed by atoms with Crippen molar-refractivity contribution in [1.82, 2.24) is 20.3 Å². The van der Waals surface area contributed by atoms with E-state index in [-0.39, 0.29) is 6.03 Å². The average molecular weight is 342 g/mol. The molecule has 2 amide bonds. The molecule has 0 fully saturated rings. The number of rotatable bonds is 6. The van der Waals surface area contributed by atoms with Crippen molar-refractivity contribution in [3.05, 3.63) is 52.9 Å². The van der Waals surface area contributed by atoms with E-state index in [1.54, 1.807) is 11.9 Å². The molecule has 6 heteroatoms. The zero-order valence-electron chi connectivity index (χ0n) is 15.0. The van der Waals surface area contributed by atoms with Crippen LogP contribution in [0.3, 0.4) is 0 Å². The van der Waals surface area contributed by atoms with Gasteiger partial charge in [0.1, 0.15) is 11.5 Å². The minimum Gasteiger partial charge on any atom is -0.361 e. The molecule has 1 aliphatic heterocycles. The van der Waals surface area contributed by atoms with Crippen LogP contribution in [0, 0.1) is 6.92 Å². The molecule has 0 radical (unpaired) electrons. The van der Waals surface area contributed by atoms with E-state index < -0.39 is 0 Å². The van der Waals surface area contributed by atoms with E-state index in [1.165, 1.54) is 11.1 Å². The third kappa shape index (κ3) is 4.82. The van der Waals surface area contributed by atoms with Gasteiger partial charge < -0.3 is 14.7 Å². The second-order valence-electron chi connectivity index (χ2n) is 6.67. The number of nitrogens with zero attached hydrogens (tertiary/aromatic N) is 3. The third-order valence-electron chi connectivity index (χ3n) is 4.56. The molecule has 1 N–H and O–H groups in total. The van der Waals surface area contributed by atoms with Crippen molar-refractivity contribution in [1.29, 1.82) is 0 Å². The van der Waals surface area contributed by atoms with Crippen LogP contribution in [0.25, 0.3) is 0 Å². The van der Waals surface area contributed by atoms with Crippen LogP contribution in [-0.2, 0) is 19.5 Å². The number of fused-ring (bicyclic) bond motifs is 1. The summed E-state index contributed by atoms with van der Waals surface area (Å²) < 4.78 is 5.02. The second-order valence-corrected chi connectivity index (χ2v) is 6.67. The smallest absolute Gasteiger partial charge is 0.317 e. The highest BCUT2D eigenvalue weighted by Gasteiger charge is 2.15. The van der Waals surface area contributed by atoms with E-state index in [1.807, 2.05) is 13.0 Å². The van der Waals surface area contributed by atoms with Crippen LogP contribution >= 0.6 is 0 Å². The molecule has 1 aromatic heterocycles. The van der Waals surface area contributed by atoms with E-state index in [0.29, 0.717) is 13.1 Å². The highest BCUT2D eigenvalue weighted by molar-refractivity contribution is 5.73. The van der Waals surface area contributed by atoms with Gasteiger partial charge in [-0.2, -0.15) is 0 Å². The lowest BCUT2D eigenvalue weighted by atomic mass is 10.00. The number of urea groups is 1. The first-order chi connectivity index (χ1) is 12.1. The SMILES string of the molecule is Cc1cc(CN(C)C(=O)NCCCN2CCc3ccccc3C2)no1. The summed E-state index contributed by atoms with van der Waals surface area (Å²) in [6, 6.07) is 10.4. The van der Waals surface area contributed by atoms with Crippen LogP contribution in [0.2, 0.25) is 0 Å². The summed E-state index contributed by atoms with van der Waals surface area (Å²) in [7, 11) is 1.76. The molecule has 25 heavy (non-hydrogen) atoms. The predicted octanol–water partition coefficient (Wildman–Crippen LogP) is 2.57. The molecule has 2 heterocycles. The Labute approximate surface area is 148 Å². The number of aryl methyl sites for hydroxylation is 1. The maximum Gasteiger partial charge on any atom is 0.317 e. The fourth-order valence-electron chi connectivity index (χ4n) is 3.19. The fraction of sp³-hybridized carbons (Fsp3) is 0.474. The van der Waals surface area contributed by atoms with Gasteiger partial charge in [-0.15, -0.1) is 0 Å². The summed E-state index contributed by atoms with van der Waals surface area (Å²) in [4.78, 5) is 16.2. The largest absolute Gasteiger partial charge is 0.361 e. The molecule has 3 rings (SSSR count). The predicted molar refractivity (Wildman–Crippen MR) is 96.1 cm³/mol. The molecule has 6 nitrogen and oxygen atoms in total. The number of hydrogen-bond donors (Lipinski definition) is 1. The number of carbonyl (C=O) groups excluding carboxylic acids is 1. The first-order valence-corrected chi connectivity index (χ1v) is 8.82. The van der Waals surface area contributed by atoms with Crippen molar-refractivity contribution >= 4 is 6.03 Å². The summed E-state index contributed by atoms with van der Waals surface area (Å²) in [5, 5.41) is 6.88. The standard InChI is InChI=1S/C19H26N4O2/c1-15-12-18(21-25-15)14-22(2)19(24)20-9-5-10-23-11-8-16-6-3-4-7-17(16)13-23/h3-4,6-7,12H,5,8-11,13-14H2,1-2H3,(H,20,24). The Morgan fingerprint density at radius 2 is 2.16 bits per heavy atom. The molecule has 1 aliphatic rings. The molecule has 0 atom stereocenters. The van der Waals surface area contributed by atoms with Gasteiger partial charge in [0.25, 0.3) is 0 Å². The number of nitrogens with one attached hydrogen (secondary N) is 1. The topological polar surface area (TPSA) is 61.6 Å². The summed E-state index contributed by atoms with van der Waals surface area (Å²) >= 11 is 0. The lowest BCUT2D eigenvalue weighted by Gasteiger charge is -2.28. The van der Waals surface area contributed by atoms with Gasteiger partial charge in [-0.1, -0.05) is 29.4 Å². The molecule has 0 saturated carbocycles. The van der Waals surface area contributed by atoms with Crippen LogP contribution in [0.5, 0.6) is 0 Å². The second kappa shape index (κ2) is 8.16. The Morgan fingerprint density at radius 3 is 2.92 bits per heavy atom. The first kappa shape index (κ1) is 17.5. The van der Waals surface area contributed by atoms with Crippen molar-refractivity contribution in [2.75, 3.05) is 26.7 Å². The Bertz CT molecular complexity index is 713. The van der Waals surface area contributed by atoms with E-state index in [9.17, 15) is 4.79 Å². The molecule has 2 aromatic rings. The Balaban J connectivity index is 1.35. The maximum atomic E-state index is 12.1. The summed E-state index contributed by atoms with van der Waals surface area (Å²) in [6.07, 6.45) is 2.06. The Hall–Kier alpha value is -2.34. The van der Waals surface area contributed by atoms with Crippen LogP contribution in [-0.4, -0.2) is 47.7 Å². The van der Waals surface area contributed by atoms with Gasteiger partial charge in [0.05, 0.1) is 6.54 Å². The van der Waals surface area contributed by atoms with Crippen LogP contribution in [0.4, 0.5) is 4.79 Å². The van der Waals surface area contributed by atoms with Gasteiger partial charge >= 0.3 is 6.03 Å². The molecule has 0 saturated heterocycles. The molecule has 1 aromatic carbocycles. The third-order valence-corrected chi connectivity index (χ3v) is 4.56. The zero-order valence-corrected chi connectivity index (χ0v) is 15.0. The Kier molecular flexibility index (Phi) is 5.71. The molecule has 134 valence electrons. The highest BCUT2D eigenvalue weighted by Crippen LogP contribution is 2.18. The van der Waals surface area contributed by atoms with Gasteiger partial charge in [0.15, 0.2) is 0 Å². The van der Waals surface area contributed by atoms with E-state index in [4.69, 9.17) is 4.52 Å². The minimum atomic E-state index is -0.0790. The van der Waals surface area contributed by atoms with Gasteiger partial charge in [0.2, 0.25) is 0 Å². The van der Waals surface area contributed by atoms with Gasteiger partial charge in [0, 0.05) is 39.3 Å². The highest BCUT2D eigenvalue weighted by atomic mass is 16.5.